The number of rotatable bonds is 4. The molecule has 0 saturated carbocycles. The van der Waals surface area contributed by atoms with Crippen molar-refractivity contribution in [3.8, 4) is 5.75 Å². The maximum Gasteiger partial charge on any atom is 0.119 e. The van der Waals surface area contributed by atoms with Crippen LogP contribution < -0.4 is 4.74 Å². The van der Waals surface area contributed by atoms with Crippen molar-refractivity contribution < 1.29 is 14.2 Å². The second-order valence-electron chi connectivity index (χ2n) is 7.44. The van der Waals surface area contributed by atoms with E-state index >= 15 is 0 Å². The Morgan fingerprint density at radius 2 is 2.12 bits per heavy atom. The lowest BCUT2D eigenvalue weighted by Crippen LogP contribution is -2.46. The fraction of sp³-hybridized carbons (Fsp3) is 0.700. The van der Waals surface area contributed by atoms with Gasteiger partial charge < -0.3 is 14.2 Å². The van der Waals surface area contributed by atoms with Crippen molar-refractivity contribution in [1.29, 1.82) is 0 Å². The van der Waals surface area contributed by atoms with Gasteiger partial charge in [0, 0.05) is 24.7 Å². The smallest absolute Gasteiger partial charge is 0.119 e. The maximum atomic E-state index is 6.08. The van der Waals surface area contributed by atoms with Gasteiger partial charge in [-0.2, -0.15) is 0 Å². The predicted molar refractivity (Wildman–Crippen MR) is 93.7 cm³/mol. The monoisotopic (exact) mass is 331 g/mol. The van der Waals surface area contributed by atoms with Crippen LogP contribution in [0.25, 0.3) is 0 Å². The standard InChI is InChI=1S/C20H29NO3/c1-3-24-19-13-20(18-12-16(22-2)4-5-17(18)19)7-9-21(10-8-20)15-6-11-23-14-15/h4-5,12,15,19H,3,6-11,13-14H2,1-2H3/t15-,19-/m1/s1. The fourth-order valence-electron chi connectivity index (χ4n) is 4.93. The summed E-state index contributed by atoms with van der Waals surface area (Å²) in [6.45, 7) is 7.05. The highest BCUT2D eigenvalue weighted by Crippen LogP contribution is 2.53. The van der Waals surface area contributed by atoms with Gasteiger partial charge in [0.1, 0.15) is 5.75 Å². The fourth-order valence-corrected chi connectivity index (χ4v) is 4.93. The first kappa shape index (κ1) is 16.4. The van der Waals surface area contributed by atoms with E-state index in [2.05, 4.69) is 30.0 Å². The number of ether oxygens (including phenoxy) is 3. The summed E-state index contributed by atoms with van der Waals surface area (Å²) in [5, 5.41) is 0. The Bertz CT molecular complexity index is 574. The molecule has 2 heterocycles. The molecular weight excluding hydrogens is 302 g/mol. The SMILES string of the molecule is CCO[C@@H]1CC2(CCN([C@@H]3CCOC3)CC2)c2cc(OC)ccc21. The van der Waals surface area contributed by atoms with Gasteiger partial charge in [0.15, 0.2) is 0 Å². The molecule has 1 aromatic rings. The average Bonchev–Trinajstić information content (AvgIpc) is 3.24. The van der Waals surface area contributed by atoms with Gasteiger partial charge in [-0.25, -0.2) is 0 Å². The zero-order valence-corrected chi connectivity index (χ0v) is 14.9. The molecule has 2 saturated heterocycles. The minimum absolute atomic E-state index is 0.247. The molecule has 3 aliphatic rings. The zero-order chi connectivity index (χ0) is 16.6. The second kappa shape index (κ2) is 6.66. The Kier molecular flexibility index (Phi) is 4.54. The summed E-state index contributed by atoms with van der Waals surface area (Å²) in [6, 6.07) is 7.20. The summed E-state index contributed by atoms with van der Waals surface area (Å²) in [5.74, 6) is 0.969. The molecule has 0 aromatic heterocycles. The van der Waals surface area contributed by atoms with E-state index in [-0.39, 0.29) is 11.5 Å². The predicted octanol–water partition coefficient (Wildman–Crippen LogP) is 3.30. The van der Waals surface area contributed by atoms with Crippen LogP contribution in [-0.4, -0.2) is 51.0 Å². The van der Waals surface area contributed by atoms with Crippen LogP contribution in [0.5, 0.6) is 5.75 Å². The molecule has 1 aliphatic carbocycles. The number of nitrogens with zero attached hydrogens (tertiary/aromatic N) is 1. The van der Waals surface area contributed by atoms with Crippen LogP contribution in [0.1, 0.15) is 49.8 Å². The molecule has 0 amide bonds. The van der Waals surface area contributed by atoms with E-state index in [4.69, 9.17) is 14.2 Å². The van der Waals surface area contributed by atoms with Gasteiger partial charge in [0.25, 0.3) is 0 Å². The average molecular weight is 331 g/mol. The molecule has 1 aromatic carbocycles. The topological polar surface area (TPSA) is 30.9 Å². The molecule has 4 rings (SSSR count). The molecule has 2 fully saturated rings. The summed E-state index contributed by atoms with van der Waals surface area (Å²) >= 11 is 0. The van der Waals surface area contributed by atoms with Gasteiger partial charge in [-0.3, -0.25) is 4.90 Å². The summed E-state index contributed by atoms with van der Waals surface area (Å²) < 4.78 is 17.2. The van der Waals surface area contributed by atoms with Crippen molar-refractivity contribution in [2.75, 3.05) is 40.0 Å². The number of hydrogen-bond donors (Lipinski definition) is 0. The third-order valence-corrected chi connectivity index (χ3v) is 6.30. The van der Waals surface area contributed by atoms with Crippen molar-refractivity contribution >= 4 is 0 Å². The van der Waals surface area contributed by atoms with E-state index in [1.165, 1.54) is 43.5 Å². The minimum atomic E-state index is 0.247. The largest absolute Gasteiger partial charge is 0.497 e. The number of likely N-dealkylation sites (tertiary alicyclic amines) is 1. The zero-order valence-electron chi connectivity index (χ0n) is 14.9. The van der Waals surface area contributed by atoms with Gasteiger partial charge in [-0.1, -0.05) is 6.07 Å². The van der Waals surface area contributed by atoms with Crippen LogP contribution in [0.4, 0.5) is 0 Å². The Hall–Kier alpha value is -1.10. The Morgan fingerprint density at radius 1 is 1.29 bits per heavy atom. The van der Waals surface area contributed by atoms with Crippen molar-refractivity contribution in [1.82, 2.24) is 4.90 Å². The Labute approximate surface area is 145 Å². The molecule has 4 heteroatoms. The van der Waals surface area contributed by atoms with Gasteiger partial charge in [0.2, 0.25) is 0 Å². The molecule has 2 aliphatic heterocycles. The molecular formula is C20H29NO3. The van der Waals surface area contributed by atoms with E-state index in [0.29, 0.717) is 6.04 Å². The van der Waals surface area contributed by atoms with E-state index < -0.39 is 0 Å². The van der Waals surface area contributed by atoms with E-state index in [0.717, 1.165) is 32.0 Å². The van der Waals surface area contributed by atoms with Crippen LogP contribution in [-0.2, 0) is 14.9 Å². The third kappa shape index (κ3) is 2.75. The number of fused-ring (bicyclic) bond motifs is 2. The molecule has 0 N–H and O–H groups in total. The summed E-state index contributed by atoms with van der Waals surface area (Å²) in [5.41, 5.74) is 3.12. The van der Waals surface area contributed by atoms with Crippen LogP contribution >= 0.6 is 0 Å². The Morgan fingerprint density at radius 3 is 2.79 bits per heavy atom. The molecule has 132 valence electrons. The summed E-state index contributed by atoms with van der Waals surface area (Å²) in [6.07, 6.45) is 5.00. The third-order valence-electron chi connectivity index (χ3n) is 6.30. The lowest BCUT2D eigenvalue weighted by molar-refractivity contribution is 0.0345. The van der Waals surface area contributed by atoms with Crippen LogP contribution in [0.3, 0.4) is 0 Å². The van der Waals surface area contributed by atoms with E-state index in [1.54, 1.807) is 7.11 Å². The molecule has 0 unspecified atom stereocenters. The van der Waals surface area contributed by atoms with Gasteiger partial charge in [0.05, 0.1) is 19.8 Å². The summed E-state index contributed by atoms with van der Waals surface area (Å²) in [7, 11) is 1.76. The molecule has 24 heavy (non-hydrogen) atoms. The highest BCUT2D eigenvalue weighted by molar-refractivity contribution is 5.46. The molecule has 0 radical (unpaired) electrons. The van der Waals surface area contributed by atoms with Gasteiger partial charge in [-0.05, 0) is 69.0 Å². The lowest BCUT2D eigenvalue weighted by atomic mass is 9.73. The molecule has 1 spiro atoms. The summed E-state index contributed by atoms with van der Waals surface area (Å²) in [4.78, 5) is 2.64. The number of methoxy groups -OCH3 is 1. The first-order valence-corrected chi connectivity index (χ1v) is 9.37. The molecule has 4 nitrogen and oxygen atoms in total. The van der Waals surface area contributed by atoms with Crippen LogP contribution in [0.15, 0.2) is 18.2 Å². The van der Waals surface area contributed by atoms with Crippen molar-refractivity contribution in [2.24, 2.45) is 0 Å². The Balaban J connectivity index is 1.57. The quantitative estimate of drug-likeness (QED) is 0.847. The van der Waals surface area contributed by atoms with Crippen molar-refractivity contribution in [3.05, 3.63) is 29.3 Å². The number of piperidine rings is 1. The minimum Gasteiger partial charge on any atom is -0.497 e. The van der Waals surface area contributed by atoms with Gasteiger partial charge >= 0.3 is 0 Å². The first-order chi connectivity index (χ1) is 11.8. The van der Waals surface area contributed by atoms with E-state index in [9.17, 15) is 0 Å². The van der Waals surface area contributed by atoms with Gasteiger partial charge in [-0.15, -0.1) is 0 Å². The van der Waals surface area contributed by atoms with Crippen LogP contribution in [0.2, 0.25) is 0 Å². The molecule has 0 bridgehead atoms. The lowest BCUT2D eigenvalue weighted by Gasteiger charge is -2.42. The van der Waals surface area contributed by atoms with Crippen LogP contribution in [0, 0.1) is 0 Å². The second-order valence-corrected chi connectivity index (χ2v) is 7.44. The molecule has 2 atom stereocenters. The normalized spacial score (nSPS) is 29.1. The van der Waals surface area contributed by atoms with Crippen molar-refractivity contribution in [2.45, 2.75) is 50.2 Å². The number of hydrogen-bond acceptors (Lipinski definition) is 4. The highest BCUT2D eigenvalue weighted by Gasteiger charge is 2.46. The first-order valence-electron chi connectivity index (χ1n) is 9.37. The highest BCUT2D eigenvalue weighted by atomic mass is 16.5. The van der Waals surface area contributed by atoms with E-state index in [1.807, 2.05) is 0 Å². The van der Waals surface area contributed by atoms with Crippen molar-refractivity contribution in [3.63, 3.8) is 0 Å². The number of benzene rings is 1. The maximum absolute atomic E-state index is 6.08.